The summed E-state index contributed by atoms with van der Waals surface area (Å²) in [4.78, 5) is 2.54. The van der Waals surface area contributed by atoms with Crippen LogP contribution in [0.5, 0.6) is 0 Å². The molecule has 21 heavy (non-hydrogen) atoms. The number of benzene rings is 1. The van der Waals surface area contributed by atoms with Crippen LogP contribution < -0.4 is 5.73 Å². The van der Waals surface area contributed by atoms with Crippen LogP contribution in [0.3, 0.4) is 0 Å². The number of hydrogen-bond acceptors (Lipinski definition) is 4. The smallest absolute Gasteiger partial charge is 0.243 e. The van der Waals surface area contributed by atoms with Crippen molar-refractivity contribution < 1.29 is 8.42 Å². The highest BCUT2D eigenvalue weighted by Crippen LogP contribution is 2.26. The van der Waals surface area contributed by atoms with Crippen LogP contribution in [0.2, 0.25) is 0 Å². The Balaban J connectivity index is 2.25. The molecule has 1 fully saturated rings. The van der Waals surface area contributed by atoms with Gasteiger partial charge < -0.3 is 10.6 Å². The van der Waals surface area contributed by atoms with E-state index in [9.17, 15) is 8.42 Å². The SMILES string of the molecule is CCc1ccc(N)cc1S(=O)(=O)N1CCC(N(C)C)CC1. The normalized spacial score (nSPS) is 18.3. The summed E-state index contributed by atoms with van der Waals surface area (Å²) in [5.41, 5.74) is 7.11. The molecule has 1 aromatic carbocycles. The van der Waals surface area contributed by atoms with Gasteiger partial charge in [-0.25, -0.2) is 8.42 Å². The zero-order valence-electron chi connectivity index (χ0n) is 13.0. The molecule has 118 valence electrons. The van der Waals surface area contributed by atoms with Crippen LogP contribution in [-0.2, 0) is 16.4 Å². The molecule has 1 saturated heterocycles. The predicted octanol–water partition coefficient (Wildman–Crippen LogP) is 1.55. The molecule has 0 aliphatic carbocycles. The molecular weight excluding hydrogens is 286 g/mol. The van der Waals surface area contributed by atoms with E-state index in [2.05, 4.69) is 4.90 Å². The van der Waals surface area contributed by atoms with Crippen molar-refractivity contribution in [2.45, 2.75) is 37.1 Å². The molecule has 0 aromatic heterocycles. The van der Waals surface area contributed by atoms with Crippen LogP contribution in [-0.4, -0.2) is 50.8 Å². The maximum atomic E-state index is 12.9. The average molecular weight is 311 g/mol. The first-order chi connectivity index (χ1) is 9.86. The molecule has 1 aromatic rings. The highest BCUT2D eigenvalue weighted by Gasteiger charge is 2.31. The van der Waals surface area contributed by atoms with Crippen LogP contribution in [0.25, 0.3) is 0 Å². The molecule has 0 atom stereocenters. The molecule has 0 amide bonds. The third-order valence-electron chi connectivity index (χ3n) is 4.24. The molecular formula is C15H25N3O2S. The van der Waals surface area contributed by atoms with Crippen LogP contribution in [0, 0.1) is 0 Å². The van der Waals surface area contributed by atoms with Crippen molar-refractivity contribution >= 4 is 15.7 Å². The molecule has 0 saturated carbocycles. The number of nitrogens with two attached hydrogens (primary N) is 1. The van der Waals surface area contributed by atoms with Gasteiger partial charge in [0.1, 0.15) is 0 Å². The monoisotopic (exact) mass is 311 g/mol. The van der Waals surface area contributed by atoms with Crippen molar-refractivity contribution in [3.63, 3.8) is 0 Å². The number of hydrogen-bond donors (Lipinski definition) is 1. The molecule has 0 unspecified atom stereocenters. The van der Waals surface area contributed by atoms with Gasteiger partial charge in [-0.2, -0.15) is 4.31 Å². The van der Waals surface area contributed by atoms with Crippen LogP contribution in [0.1, 0.15) is 25.3 Å². The van der Waals surface area contributed by atoms with Crippen molar-refractivity contribution in [2.24, 2.45) is 0 Å². The number of sulfonamides is 1. The number of anilines is 1. The van der Waals surface area contributed by atoms with E-state index in [4.69, 9.17) is 5.73 Å². The molecule has 1 heterocycles. The zero-order chi connectivity index (χ0) is 15.6. The van der Waals surface area contributed by atoms with Gasteiger partial charge in [-0.15, -0.1) is 0 Å². The third kappa shape index (κ3) is 3.39. The van der Waals surface area contributed by atoms with Crippen LogP contribution in [0.4, 0.5) is 5.69 Å². The number of rotatable bonds is 4. The first kappa shape index (κ1) is 16.3. The summed E-state index contributed by atoms with van der Waals surface area (Å²) >= 11 is 0. The quantitative estimate of drug-likeness (QED) is 0.857. The Kier molecular flexibility index (Phi) is 4.91. The molecule has 0 spiro atoms. The Hall–Kier alpha value is -1.11. The second-order valence-electron chi connectivity index (χ2n) is 5.82. The Morgan fingerprint density at radius 3 is 2.43 bits per heavy atom. The Morgan fingerprint density at radius 1 is 1.29 bits per heavy atom. The first-order valence-electron chi connectivity index (χ1n) is 7.41. The minimum Gasteiger partial charge on any atom is -0.399 e. The third-order valence-corrected chi connectivity index (χ3v) is 6.22. The lowest BCUT2D eigenvalue weighted by atomic mass is 10.1. The largest absolute Gasteiger partial charge is 0.399 e. The number of nitrogens with zero attached hydrogens (tertiary/aromatic N) is 2. The maximum absolute atomic E-state index is 12.9. The Labute approximate surface area is 127 Å². The van der Waals surface area contributed by atoms with Crippen molar-refractivity contribution in [1.82, 2.24) is 9.21 Å². The van der Waals surface area contributed by atoms with Crippen molar-refractivity contribution in [1.29, 1.82) is 0 Å². The fraction of sp³-hybridized carbons (Fsp3) is 0.600. The summed E-state index contributed by atoms with van der Waals surface area (Å²) in [5.74, 6) is 0. The highest BCUT2D eigenvalue weighted by atomic mass is 32.2. The lowest BCUT2D eigenvalue weighted by molar-refractivity contribution is 0.196. The van der Waals surface area contributed by atoms with Gasteiger partial charge in [-0.05, 0) is 51.1 Å². The van der Waals surface area contributed by atoms with Crippen molar-refractivity contribution in [2.75, 3.05) is 32.9 Å². The lowest BCUT2D eigenvalue weighted by Gasteiger charge is -2.34. The molecule has 1 aliphatic heterocycles. The molecule has 0 radical (unpaired) electrons. The van der Waals surface area contributed by atoms with Gasteiger partial charge in [0, 0.05) is 24.8 Å². The summed E-state index contributed by atoms with van der Waals surface area (Å²) < 4.78 is 27.3. The average Bonchev–Trinajstić information content (AvgIpc) is 2.47. The second kappa shape index (κ2) is 6.34. The standard InChI is InChI=1S/C15H25N3O2S/c1-4-12-5-6-13(16)11-15(12)21(19,20)18-9-7-14(8-10-18)17(2)3/h5-6,11,14H,4,7-10,16H2,1-3H3. The van der Waals surface area contributed by atoms with E-state index in [1.165, 1.54) is 0 Å². The highest BCUT2D eigenvalue weighted by molar-refractivity contribution is 7.89. The van der Waals surface area contributed by atoms with Crippen LogP contribution in [0.15, 0.2) is 23.1 Å². The van der Waals surface area contributed by atoms with E-state index in [1.807, 2.05) is 27.1 Å². The Morgan fingerprint density at radius 2 is 1.90 bits per heavy atom. The van der Waals surface area contributed by atoms with E-state index in [0.29, 0.717) is 36.1 Å². The summed E-state index contributed by atoms with van der Waals surface area (Å²) in [6.45, 7) is 3.11. The Bertz CT molecular complexity index is 591. The summed E-state index contributed by atoms with van der Waals surface area (Å²) in [6, 6.07) is 5.62. The topological polar surface area (TPSA) is 66.6 Å². The minimum absolute atomic E-state index is 0.369. The van der Waals surface area contributed by atoms with Gasteiger partial charge in [0.2, 0.25) is 10.0 Å². The van der Waals surface area contributed by atoms with Gasteiger partial charge >= 0.3 is 0 Å². The van der Waals surface area contributed by atoms with Gasteiger partial charge in [0.25, 0.3) is 0 Å². The van der Waals surface area contributed by atoms with E-state index >= 15 is 0 Å². The number of piperidine rings is 1. The summed E-state index contributed by atoms with van der Waals surface area (Å²) in [7, 11) is 0.646. The lowest BCUT2D eigenvalue weighted by Crippen LogP contribution is -2.44. The number of aryl methyl sites for hydroxylation is 1. The molecule has 2 rings (SSSR count). The summed E-state index contributed by atoms with van der Waals surface area (Å²) in [6.07, 6.45) is 2.43. The van der Waals surface area contributed by atoms with Crippen molar-refractivity contribution in [3.8, 4) is 0 Å². The maximum Gasteiger partial charge on any atom is 0.243 e. The van der Waals surface area contributed by atoms with Crippen molar-refractivity contribution in [3.05, 3.63) is 23.8 Å². The van der Waals surface area contributed by atoms with E-state index in [1.54, 1.807) is 16.4 Å². The second-order valence-corrected chi connectivity index (χ2v) is 7.73. The van der Waals surface area contributed by atoms with Gasteiger partial charge in [-0.1, -0.05) is 13.0 Å². The zero-order valence-corrected chi connectivity index (χ0v) is 13.9. The predicted molar refractivity (Wildman–Crippen MR) is 85.7 cm³/mol. The van der Waals surface area contributed by atoms with Gasteiger partial charge in [0.05, 0.1) is 4.90 Å². The minimum atomic E-state index is -3.44. The molecule has 0 bridgehead atoms. The first-order valence-corrected chi connectivity index (χ1v) is 8.85. The molecule has 1 aliphatic rings. The fourth-order valence-electron chi connectivity index (χ4n) is 2.84. The van der Waals surface area contributed by atoms with E-state index < -0.39 is 10.0 Å². The van der Waals surface area contributed by atoms with Gasteiger partial charge in [-0.3, -0.25) is 0 Å². The van der Waals surface area contributed by atoms with E-state index in [0.717, 1.165) is 18.4 Å². The number of nitrogen functional groups attached to an aromatic ring is 1. The van der Waals surface area contributed by atoms with Crippen LogP contribution >= 0.6 is 0 Å². The van der Waals surface area contributed by atoms with E-state index in [-0.39, 0.29) is 0 Å². The molecule has 6 heteroatoms. The molecule has 5 nitrogen and oxygen atoms in total. The fourth-order valence-corrected chi connectivity index (χ4v) is 4.64. The molecule has 2 N–H and O–H groups in total. The summed E-state index contributed by atoms with van der Waals surface area (Å²) in [5, 5.41) is 0. The van der Waals surface area contributed by atoms with Gasteiger partial charge in [0.15, 0.2) is 0 Å².